The molecule has 2 aromatic rings. The molecule has 6 heteroatoms. The second-order valence-electron chi connectivity index (χ2n) is 6.99. The number of nitrogens with one attached hydrogen (secondary N) is 1. The normalized spacial score (nSPS) is 18.4. The van der Waals surface area contributed by atoms with Gasteiger partial charge in [-0.1, -0.05) is 12.1 Å². The number of hydrogen-bond donors (Lipinski definition) is 1. The molecule has 124 valence electrons. The number of anilines is 1. The van der Waals surface area contributed by atoms with Crippen LogP contribution in [0.1, 0.15) is 27.2 Å². The lowest BCUT2D eigenvalue weighted by Gasteiger charge is -2.21. The topological polar surface area (TPSA) is 54.5 Å². The summed E-state index contributed by atoms with van der Waals surface area (Å²) in [6.45, 7) is 8.16. The van der Waals surface area contributed by atoms with E-state index in [0.29, 0.717) is 12.5 Å². The van der Waals surface area contributed by atoms with Gasteiger partial charge in [0.2, 0.25) is 0 Å². The Labute approximate surface area is 140 Å². The van der Waals surface area contributed by atoms with E-state index in [9.17, 15) is 4.79 Å². The van der Waals surface area contributed by atoms with Crippen LogP contribution in [0.25, 0.3) is 10.1 Å². The molecule has 0 saturated carbocycles. The van der Waals surface area contributed by atoms with Gasteiger partial charge in [-0.25, -0.2) is 4.79 Å². The summed E-state index contributed by atoms with van der Waals surface area (Å²) in [6.07, 6.45) is 0.719. The van der Waals surface area contributed by atoms with Crippen molar-refractivity contribution in [1.29, 1.82) is 0 Å². The maximum absolute atomic E-state index is 11.7. The summed E-state index contributed by atoms with van der Waals surface area (Å²) < 4.78 is 11.1. The van der Waals surface area contributed by atoms with Crippen LogP contribution in [0.2, 0.25) is 0 Å². The number of alkyl carbamates (subject to hydrolysis) is 1. The third-order valence-corrected chi connectivity index (χ3v) is 4.69. The van der Waals surface area contributed by atoms with Gasteiger partial charge in [0.25, 0.3) is 0 Å². The summed E-state index contributed by atoms with van der Waals surface area (Å²) in [5.41, 5.74) is -0.453. The molecule has 5 nitrogen and oxygen atoms in total. The lowest BCUT2D eigenvalue weighted by Crippen LogP contribution is -2.36. The van der Waals surface area contributed by atoms with E-state index in [2.05, 4.69) is 32.8 Å². The smallest absolute Gasteiger partial charge is 0.407 e. The third kappa shape index (κ3) is 3.93. The molecule has 0 unspecified atom stereocenters. The Bertz CT molecular complexity index is 692. The Morgan fingerprint density at radius 2 is 2.22 bits per heavy atom. The van der Waals surface area contributed by atoms with E-state index < -0.39 is 5.60 Å². The van der Waals surface area contributed by atoms with Crippen LogP contribution in [-0.2, 0) is 4.74 Å². The summed E-state index contributed by atoms with van der Waals surface area (Å²) in [5, 5.41) is 4.10. The van der Waals surface area contributed by atoms with Crippen LogP contribution >= 0.6 is 11.5 Å². The molecule has 1 amide bonds. The van der Waals surface area contributed by atoms with Gasteiger partial charge in [0.05, 0.1) is 4.70 Å². The molecule has 1 atom stereocenters. The number of carbonyl (C=O) groups excluding carboxylic acids is 1. The van der Waals surface area contributed by atoms with Crippen molar-refractivity contribution in [2.45, 2.75) is 32.8 Å². The van der Waals surface area contributed by atoms with Crippen LogP contribution in [0.5, 0.6) is 0 Å². The SMILES string of the molecule is CC(C)(C)OC(=O)NC[C@H]1CCN(c2nsc3ccccc23)C1. The molecule has 0 spiro atoms. The maximum atomic E-state index is 11.7. The van der Waals surface area contributed by atoms with Gasteiger partial charge in [-0.15, -0.1) is 0 Å². The molecule has 0 bridgehead atoms. The Kier molecular flexibility index (Phi) is 4.43. The van der Waals surface area contributed by atoms with Gasteiger partial charge in [0.1, 0.15) is 11.4 Å². The number of fused-ring (bicyclic) bond motifs is 1. The molecule has 1 fully saturated rings. The van der Waals surface area contributed by atoms with Crippen molar-refractivity contribution in [3.8, 4) is 0 Å². The summed E-state index contributed by atoms with van der Waals surface area (Å²) in [6, 6.07) is 8.33. The highest BCUT2D eigenvalue weighted by Crippen LogP contribution is 2.32. The number of hydrogen-bond acceptors (Lipinski definition) is 5. The van der Waals surface area contributed by atoms with E-state index in [1.807, 2.05) is 26.8 Å². The summed E-state index contributed by atoms with van der Waals surface area (Å²) in [7, 11) is 0. The molecule has 1 aromatic heterocycles. The van der Waals surface area contributed by atoms with Crippen LogP contribution in [0.15, 0.2) is 24.3 Å². The van der Waals surface area contributed by atoms with Crippen molar-refractivity contribution in [3.05, 3.63) is 24.3 Å². The van der Waals surface area contributed by atoms with E-state index >= 15 is 0 Å². The predicted octanol–water partition coefficient (Wildman–Crippen LogP) is 3.65. The number of nitrogens with zero attached hydrogens (tertiary/aromatic N) is 2. The van der Waals surface area contributed by atoms with Crippen LogP contribution in [0, 0.1) is 5.92 Å². The quantitative estimate of drug-likeness (QED) is 0.931. The van der Waals surface area contributed by atoms with Crippen LogP contribution in [-0.4, -0.2) is 35.7 Å². The minimum absolute atomic E-state index is 0.338. The molecule has 1 N–H and O–H groups in total. The van der Waals surface area contributed by atoms with Crippen molar-refractivity contribution < 1.29 is 9.53 Å². The summed E-state index contributed by atoms with van der Waals surface area (Å²) in [5.74, 6) is 1.51. The summed E-state index contributed by atoms with van der Waals surface area (Å²) in [4.78, 5) is 14.1. The standard InChI is InChI=1S/C17H23N3O2S/c1-17(2,3)22-16(21)18-10-12-8-9-20(11-12)15-13-6-4-5-7-14(13)23-19-15/h4-7,12H,8-11H2,1-3H3,(H,18,21)/t12-/m1/s1. The fourth-order valence-electron chi connectivity index (χ4n) is 2.83. The van der Waals surface area contributed by atoms with Crippen molar-refractivity contribution in [2.24, 2.45) is 5.92 Å². The average Bonchev–Trinajstić information content (AvgIpc) is 3.09. The van der Waals surface area contributed by atoms with Crippen molar-refractivity contribution in [1.82, 2.24) is 9.69 Å². The van der Waals surface area contributed by atoms with Crippen molar-refractivity contribution >= 4 is 33.5 Å². The fourth-order valence-corrected chi connectivity index (χ4v) is 3.63. The summed E-state index contributed by atoms with van der Waals surface area (Å²) >= 11 is 1.55. The fraction of sp³-hybridized carbons (Fsp3) is 0.529. The zero-order chi connectivity index (χ0) is 16.4. The highest BCUT2D eigenvalue weighted by Gasteiger charge is 2.26. The highest BCUT2D eigenvalue weighted by atomic mass is 32.1. The second kappa shape index (κ2) is 6.35. The minimum Gasteiger partial charge on any atom is -0.444 e. The molecule has 23 heavy (non-hydrogen) atoms. The molecular formula is C17H23N3O2S. The Hall–Kier alpha value is -1.82. The van der Waals surface area contributed by atoms with E-state index in [1.54, 1.807) is 11.5 Å². The zero-order valence-electron chi connectivity index (χ0n) is 13.8. The monoisotopic (exact) mass is 333 g/mol. The Morgan fingerprint density at radius 3 is 3.00 bits per heavy atom. The van der Waals surface area contributed by atoms with E-state index in [4.69, 9.17) is 4.74 Å². The minimum atomic E-state index is -0.453. The first-order valence-corrected chi connectivity index (χ1v) is 8.76. The first kappa shape index (κ1) is 16.1. The largest absolute Gasteiger partial charge is 0.444 e. The van der Waals surface area contributed by atoms with Crippen LogP contribution in [0.4, 0.5) is 10.6 Å². The molecule has 1 saturated heterocycles. The number of ether oxygens (including phenoxy) is 1. The molecule has 1 aliphatic heterocycles. The van der Waals surface area contributed by atoms with Gasteiger partial charge in [-0.05, 0) is 56.8 Å². The van der Waals surface area contributed by atoms with E-state index in [-0.39, 0.29) is 6.09 Å². The Balaban J connectivity index is 1.56. The number of amides is 1. The van der Waals surface area contributed by atoms with Gasteiger partial charge in [0, 0.05) is 25.0 Å². The van der Waals surface area contributed by atoms with Crippen LogP contribution < -0.4 is 10.2 Å². The highest BCUT2D eigenvalue weighted by molar-refractivity contribution is 7.13. The average molecular weight is 333 g/mol. The number of rotatable bonds is 3. The van der Waals surface area contributed by atoms with Gasteiger partial charge in [-0.3, -0.25) is 0 Å². The Morgan fingerprint density at radius 1 is 1.43 bits per heavy atom. The number of carbonyl (C=O) groups is 1. The number of benzene rings is 1. The van der Waals surface area contributed by atoms with Crippen LogP contribution in [0.3, 0.4) is 0 Å². The third-order valence-electron chi connectivity index (χ3n) is 3.88. The lowest BCUT2D eigenvalue weighted by molar-refractivity contribution is 0.0520. The molecule has 2 heterocycles. The molecular weight excluding hydrogens is 310 g/mol. The van der Waals surface area contributed by atoms with Gasteiger partial charge < -0.3 is 15.0 Å². The molecule has 3 rings (SSSR count). The molecule has 0 radical (unpaired) electrons. The maximum Gasteiger partial charge on any atom is 0.407 e. The van der Waals surface area contributed by atoms with E-state index in [0.717, 1.165) is 25.3 Å². The first-order chi connectivity index (χ1) is 10.9. The van der Waals surface area contributed by atoms with Crippen molar-refractivity contribution in [3.63, 3.8) is 0 Å². The number of aromatic nitrogens is 1. The zero-order valence-corrected chi connectivity index (χ0v) is 14.7. The van der Waals surface area contributed by atoms with Gasteiger partial charge in [0.15, 0.2) is 0 Å². The second-order valence-corrected chi connectivity index (χ2v) is 7.79. The molecule has 1 aliphatic rings. The lowest BCUT2D eigenvalue weighted by atomic mass is 10.1. The van der Waals surface area contributed by atoms with Crippen molar-refractivity contribution in [2.75, 3.05) is 24.5 Å². The first-order valence-electron chi connectivity index (χ1n) is 7.98. The molecule has 0 aliphatic carbocycles. The molecule has 1 aromatic carbocycles. The van der Waals surface area contributed by atoms with Gasteiger partial charge >= 0.3 is 6.09 Å². The van der Waals surface area contributed by atoms with E-state index in [1.165, 1.54) is 10.1 Å². The van der Waals surface area contributed by atoms with Gasteiger partial charge in [-0.2, -0.15) is 4.37 Å². The predicted molar refractivity (Wildman–Crippen MR) is 94.2 cm³/mol.